The highest BCUT2D eigenvalue weighted by Gasteiger charge is 2.62. The molecule has 2 rings (SSSR count). The second kappa shape index (κ2) is 5.75. The first-order chi connectivity index (χ1) is 10.9. The molecule has 1 aliphatic rings. The van der Waals surface area contributed by atoms with E-state index in [1.165, 1.54) is 13.1 Å². The van der Waals surface area contributed by atoms with Crippen molar-refractivity contribution in [1.29, 1.82) is 5.26 Å². The molecule has 0 aromatic carbocycles. The van der Waals surface area contributed by atoms with Crippen molar-refractivity contribution in [3.8, 4) is 6.07 Å². The quantitative estimate of drug-likeness (QED) is 0.175. The fourth-order valence-electron chi connectivity index (χ4n) is 2.48. The first-order valence-corrected chi connectivity index (χ1v) is 6.32. The van der Waals surface area contributed by atoms with Crippen molar-refractivity contribution in [1.82, 2.24) is 9.55 Å². The molecule has 1 fully saturated rings. The van der Waals surface area contributed by atoms with Crippen molar-refractivity contribution in [2.45, 2.75) is 30.4 Å². The SMILES string of the molecule is C[C@]1(N=[N+]=[N-])[C@H](n2ccc(=O)[nH]/c2=N\O)O[C@](C#N)(CO)[C@H]1O. The number of aromatic amines is 1. The Bertz CT molecular complexity index is 819. The fraction of sp³-hybridized carbons (Fsp3) is 0.545. The normalized spacial score (nSPS) is 33.9. The third-order valence-corrected chi connectivity index (χ3v) is 3.71. The molecule has 0 amide bonds. The van der Waals surface area contributed by atoms with Gasteiger partial charge in [-0.2, -0.15) is 5.26 Å². The first-order valence-electron chi connectivity index (χ1n) is 6.32. The Morgan fingerprint density at radius 3 is 2.91 bits per heavy atom. The number of hydrogen-bond donors (Lipinski definition) is 4. The number of hydrogen-bond acceptors (Lipinski definition) is 8. The van der Waals surface area contributed by atoms with E-state index in [9.17, 15) is 20.3 Å². The van der Waals surface area contributed by atoms with Crippen LogP contribution in [0.5, 0.6) is 0 Å². The van der Waals surface area contributed by atoms with Crippen LogP contribution in [0.25, 0.3) is 10.4 Å². The van der Waals surface area contributed by atoms with E-state index >= 15 is 0 Å². The van der Waals surface area contributed by atoms with Gasteiger partial charge >= 0.3 is 0 Å². The molecule has 1 aromatic heterocycles. The van der Waals surface area contributed by atoms with Crippen molar-refractivity contribution in [2.24, 2.45) is 10.3 Å². The molecule has 4 N–H and O–H groups in total. The number of nitriles is 1. The van der Waals surface area contributed by atoms with Crippen LogP contribution < -0.4 is 11.2 Å². The number of nitrogens with zero attached hydrogens (tertiary/aromatic N) is 6. The Balaban J connectivity index is 2.73. The molecule has 1 saturated heterocycles. The summed E-state index contributed by atoms with van der Waals surface area (Å²) in [5, 5.41) is 44.5. The summed E-state index contributed by atoms with van der Waals surface area (Å²) in [6.45, 7) is 0.434. The summed E-state index contributed by atoms with van der Waals surface area (Å²) in [6, 6.07) is 2.73. The molecular formula is C11H13N7O5. The van der Waals surface area contributed by atoms with Crippen molar-refractivity contribution < 1.29 is 20.2 Å². The van der Waals surface area contributed by atoms with Gasteiger partial charge in [-0.25, -0.2) is 0 Å². The van der Waals surface area contributed by atoms with Crippen LogP contribution in [0.15, 0.2) is 27.3 Å². The first kappa shape index (κ1) is 16.5. The predicted molar refractivity (Wildman–Crippen MR) is 71.5 cm³/mol. The Morgan fingerprint density at radius 1 is 1.70 bits per heavy atom. The van der Waals surface area contributed by atoms with E-state index in [-0.39, 0.29) is 5.62 Å². The van der Waals surface area contributed by atoms with E-state index < -0.39 is 35.6 Å². The van der Waals surface area contributed by atoms with Crippen LogP contribution in [0.3, 0.4) is 0 Å². The van der Waals surface area contributed by atoms with Crippen molar-refractivity contribution >= 4 is 0 Å². The van der Waals surface area contributed by atoms with E-state index in [4.69, 9.17) is 15.5 Å². The molecule has 0 unspecified atom stereocenters. The lowest BCUT2D eigenvalue weighted by Gasteiger charge is -2.28. The monoisotopic (exact) mass is 323 g/mol. The summed E-state index contributed by atoms with van der Waals surface area (Å²) >= 11 is 0. The standard InChI is InChI=1S/C11H13N7O5/c1-10(16-17-13)7(21)11(4-12,5-19)23-8(10)18-3-2-6(20)14-9(18)15-22/h2-3,7-8,19,21-22H,5H2,1H3,(H,14,15,20)/t7-,8+,10+,11+/m0/s1. The van der Waals surface area contributed by atoms with Crippen molar-refractivity contribution in [3.05, 3.63) is 38.7 Å². The lowest BCUT2D eigenvalue weighted by atomic mass is 9.86. The van der Waals surface area contributed by atoms with Crippen LogP contribution in [0.1, 0.15) is 13.2 Å². The molecule has 0 aliphatic carbocycles. The molecular weight excluding hydrogens is 310 g/mol. The number of azide groups is 1. The number of H-pyrrole nitrogens is 1. The molecule has 122 valence electrons. The van der Waals surface area contributed by atoms with Gasteiger partial charge in [-0.1, -0.05) is 10.3 Å². The molecule has 0 spiro atoms. The zero-order chi connectivity index (χ0) is 17.3. The van der Waals surface area contributed by atoms with Gasteiger partial charge in [-0.15, -0.1) is 0 Å². The second-order valence-electron chi connectivity index (χ2n) is 5.08. The number of nitrogens with one attached hydrogen (secondary N) is 1. The Hall–Kier alpha value is -2.84. The summed E-state index contributed by atoms with van der Waals surface area (Å²) in [6.07, 6.45) is -1.85. The minimum Gasteiger partial charge on any atom is -0.408 e. The van der Waals surface area contributed by atoms with Gasteiger partial charge in [-0.3, -0.25) is 14.3 Å². The molecule has 0 bridgehead atoms. The maximum atomic E-state index is 11.3. The Labute approximate surface area is 128 Å². The minimum atomic E-state index is -2.05. The van der Waals surface area contributed by atoms with E-state index in [0.29, 0.717) is 0 Å². The van der Waals surface area contributed by atoms with E-state index in [0.717, 1.165) is 10.6 Å². The number of aromatic nitrogens is 2. The van der Waals surface area contributed by atoms with Gasteiger partial charge < -0.3 is 20.2 Å². The third kappa shape index (κ3) is 2.33. The van der Waals surface area contributed by atoms with E-state index in [1.807, 2.05) is 0 Å². The highest BCUT2D eigenvalue weighted by molar-refractivity contribution is 5.21. The summed E-state index contributed by atoms with van der Waals surface area (Å²) in [7, 11) is 0. The van der Waals surface area contributed by atoms with E-state index in [2.05, 4.69) is 20.2 Å². The van der Waals surface area contributed by atoms with Crippen molar-refractivity contribution in [2.75, 3.05) is 6.61 Å². The van der Waals surface area contributed by atoms with E-state index in [1.54, 1.807) is 6.07 Å². The topological polar surface area (TPSA) is 193 Å². The minimum absolute atomic E-state index is 0.360. The van der Waals surface area contributed by atoms with Gasteiger partial charge in [0.2, 0.25) is 11.2 Å². The summed E-state index contributed by atoms with van der Waals surface area (Å²) in [5.74, 6) is 0. The highest BCUT2D eigenvalue weighted by atomic mass is 16.6. The predicted octanol–water partition coefficient (Wildman–Crippen LogP) is -1.32. The third-order valence-electron chi connectivity index (χ3n) is 3.71. The highest BCUT2D eigenvalue weighted by Crippen LogP contribution is 2.45. The average Bonchev–Trinajstić information content (AvgIpc) is 2.77. The van der Waals surface area contributed by atoms with Gasteiger partial charge in [0.1, 0.15) is 17.7 Å². The summed E-state index contributed by atoms with van der Waals surface area (Å²) in [5.41, 5.74) is 4.05. The molecule has 0 saturated carbocycles. The summed E-state index contributed by atoms with van der Waals surface area (Å²) < 4.78 is 6.50. The molecule has 0 radical (unpaired) electrons. The van der Waals surface area contributed by atoms with Crippen LogP contribution in [0, 0.1) is 11.3 Å². The van der Waals surface area contributed by atoms with Crippen molar-refractivity contribution in [3.63, 3.8) is 0 Å². The van der Waals surface area contributed by atoms with Crippen LogP contribution in [0.4, 0.5) is 0 Å². The number of aliphatic hydroxyl groups is 2. The van der Waals surface area contributed by atoms with Gasteiger partial charge in [0.05, 0.1) is 6.61 Å². The largest absolute Gasteiger partial charge is 0.408 e. The lowest BCUT2D eigenvalue weighted by molar-refractivity contribution is -0.0940. The maximum absolute atomic E-state index is 11.3. The Kier molecular flexibility index (Phi) is 4.13. The van der Waals surface area contributed by atoms with Crippen LogP contribution >= 0.6 is 0 Å². The zero-order valence-corrected chi connectivity index (χ0v) is 11.9. The molecule has 1 aromatic rings. The van der Waals surface area contributed by atoms with Crippen LogP contribution in [-0.2, 0) is 4.74 Å². The molecule has 12 heteroatoms. The smallest absolute Gasteiger partial charge is 0.252 e. The molecule has 23 heavy (non-hydrogen) atoms. The molecule has 1 aliphatic heterocycles. The number of rotatable bonds is 3. The molecule has 12 nitrogen and oxygen atoms in total. The lowest BCUT2D eigenvalue weighted by Crippen LogP contribution is -2.50. The van der Waals surface area contributed by atoms with Crippen LogP contribution in [0.2, 0.25) is 0 Å². The summed E-state index contributed by atoms with van der Waals surface area (Å²) in [4.78, 5) is 16.2. The zero-order valence-electron chi connectivity index (χ0n) is 11.9. The number of aliphatic hydroxyl groups excluding tert-OH is 2. The fourth-order valence-corrected chi connectivity index (χ4v) is 2.48. The molecule has 2 heterocycles. The Morgan fingerprint density at radius 2 is 2.39 bits per heavy atom. The maximum Gasteiger partial charge on any atom is 0.252 e. The molecule has 4 atom stereocenters. The average molecular weight is 323 g/mol. The van der Waals surface area contributed by atoms with Gasteiger partial charge in [0.25, 0.3) is 5.56 Å². The second-order valence-corrected chi connectivity index (χ2v) is 5.08. The van der Waals surface area contributed by atoms with Gasteiger partial charge in [0.15, 0.2) is 6.23 Å². The van der Waals surface area contributed by atoms with Gasteiger partial charge in [-0.05, 0) is 12.5 Å². The van der Waals surface area contributed by atoms with Crippen LogP contribution in [-0.4, -0.2) is 48.8 Å². The number of ether oxygens (including phenoxy) is 1. The van der Waals surface area contributed by atoms with Gasteiger partial charge in [0, 0.05) is 17.2 Å².